The summed E-state index contributed by atoms with van der Waals surface area (Å²) in [4.78, 5) is 24.7. The van der Waals surface area contributed by atoms with Gasteiger partial charge in [-0.05, 0) is 12.1 Å². The topological polar surface area (TPSA) is 124 Å². The predicted molar refractivity (Wildman–Crippen MR) is 116 cm³/mol. The van der Waals surface area contributed by atoms with E-state index in [-0.39, 0.29) is 33.9 Å². The van der Waals surface area contributed by atoms with Gasteiger partial charge in [-0.15, -0.1) is 0 Å². The van der Waals surface area contributed by atoms with Gasteiger partial charge in [0.05, 0.1) is 17.9 Å². The molecule has 0 saturated heterocycles. The molecule has 10 nitrogen and oxygen atoms in total. The molecular formula is C20H18F5N7O3S. The van der Waals surface area contributed by atoms with E-state index in [1.165, 1.54) is 18.5 Å². The summed E-state index contributed by atoms with van der Waals surface area (Å²) in [5, 5.41) is 5.54. The molecule has 4 aromatic rings. The molecule has 0 atom stereocenters. The third kappa shape index (κ3) is 4.47. The lowest BCUT2D eigenvalue weighted by Gasteiger charge is -2.11. The monoisotopic (exact) mass is 531 g/mol. The minimum Gasteiger partial charge on any atom is -0.345 e. The van der Waals surface area contributed by atoms with E-state index in [9.17, 15) is 35.2 Å². The van der Waals surface area contributed by atoms with Crippen LogP contribution in [0.1, 0.15) is 29.9 Å². The van der Waals surface area contributed by atoms with Gasteiger partial charge < -0.3 is 9.88 Å². The molecule has 1 amide bonds. The van der Waals surface area contributed by atoms with Gasteiger partial charge in [0.25, 0.3) is 11.8 Å². The van der Waals surface area contributed by atoms with Crippen molar-refractivity contribution >= 4 is 32.6 Å². The molecule has 192 valence electrons. The highest BCUT2D eigenvalue weighted by Crippen LogP contribution is 2.35. The van der Waals surface area contributed by atoms with E-state index < -0.39 is 50.7 Å². The molecule has 0 unspecified atom stereocenters. The standard InChI is InChI=1S/C20H18F5N7O3S/c1-4-36(34,35)18-13(16-29-11-7-10(20(23,24)25)8-27-14(11)31(16)3)15-26-6-5-12(32(15)30-18)17(33)28-9-19(2,21)22/h5-8H,4,9H2,1-3H3,(H,28,33). The summed E-state index contributed by atoms with van der Waals surface area (Å²) in [5.74, 6) is -4.71. The van der Waals surface area contributed by atoms with Gasteiger partial charge in [0.2, 0.25) is 0 Å². The Labute approximate surface area is 200 Å². The third-order valence-corrected chi connectivity index (χ3v) is 6.85. The number of carbonyl (C=O) groups is 1. The number of rotatable bonds is 6. The van der Waals surface area contributed by atoms with E-state index in [2.05, 4.69) is 20.1 Å². The van der Waals surface area contributed by atoms with Crippen molar-refractivity contribution in [3.8, 4) is 11.4 Å². The number of aryl methyl sites for hydroxylation is 1. The fourth-order valence-corrected chi connectivity index (χ4v) is 4.40. The van der Waals surface area contributed by atoms with Crippen LogP contribution in [-0.2, 0) is 23.1 Å². The Morgan fingerprint density at radius 1 is 1.14 bits per heavy atom. The van der Waals surface area contributed by atoms with Crippen molar-refractivity contribution in [1.29, 1.82) is 0 Å². The minimum atomic E-state index is -4.68. The van der Waals surface area contributed by atoms with Crippen LogP contribution in [0.25, 0.3) is 28.2 Å². The van der Waals surface area contributed by atoms with Gasteiger partial charge in [0.1, 0.15) is 22.6 Å². The number of alkyl halides is 5. The number of pyridine rings is 1. The van der Waals surface area contributed by atoms with Crippen molar-refractivity contribution in [3.05, 3.63) is 35.8 Å². The predicted octanol–water partition coefficient (Wildman–Crippen LogP) is 2.88. The van der Waals surface area contributed by atoms with Crippen molar-refractivity contribution in [2.45, 2.75) is 31.0 Å². The highest BCUT2D eigenvalue weighted by Gasteiger charge is 2.34. The molecule has 0 saturated carbocycles. The number of carbonyl (C=O) groups excluding carboxylic acids is 1. The average Bonchev–Trinajstić information content (AvgIpc) is 3.34. The van der Waals surface area contributed by atoms with Crippen LogP contribution in [0, 0.1) is 0 Å². The lowest BCUT2D eigenvalue weighted by molar-refractivity contribution is -0.137. The maximum atomic E-state index is 13.2. The zero-order valence-corrected chi connectivity index (χ0v) is 19.7. The molecule has 0 aliphatic rings. The molecule has 4 rings (SSSR count). The fourth-order valence-electron chi connectivity index (χ4n) is 3.43. The van der Waals surface area contributed by atoms with Crippen molar-refractivity contribution in [1.82, 2.24) is 34.4 Å². The molecule has 4 heterocycles. The summed E-state index contributed by atoms with van der Waals surface area (Å²) >= 11 is 0. The van der Waals surface area contributed by atoms with Gasteiger partial charge in [-0.25, -0.2) is 36.7 Å². The Hall–Kier alpha value is -3.69. The Kier molecular flexibility index (Phi) is 5.97. The number of nitrogens with zero attached hydrogens (tertiary/aromatic N) is 6. The smallest absolute Gasteiger partial charge is 0.345 e. The van der Waals surface area contributed by atoms with Gasteiger partial charge in [0, 0.05) is 26.4 Å². The SMILES string of the molecule is CCS(=O)(=O)c1nn2c(C(=O)NCC(C)(F)F)ccnc2c1-c1nc2cc(C(F)(F)F)cnc2n1C. The molecule has 1 N–H and O–H groups in total. The molecule has 0 aromatic carbocycles. The molecule has 4 aromatic heterocycles. The number of halogens is 5. The average molecular weight is 531 g/mol. The maximum Gasteiger partial charge on any atom is 0.417 e. The molecule has 0 radical (unpaired) electrons. The van der Waals surface area contributed by atoms with Crippen molar-refractivity contribution in [2.24, 2.45) is 7.05 Å². The van der Waals surface area contributed by atoms with E-state index in [0.29, 0.717) is 13.1 Å². The molecule has 0 fully saturated rings. The quantitative estimate of drug-likeness (QED) is 0.380. The van der Waals surface area contributed by atoms with Gasteiger partial charge in [0.15, 0.2) is 26.2 Å². The molecule has 36 heavy (non-hydrogen) atoms. The number of sulfone groups is 1. The Balaban J connectivity index is 1.98. The van der Waals surface area contributed by atoms with Crippen LogP contribution in [-0.4, -0.2) is 61.7 Å². The highest BCUT2D eigenvalue weighted by atomic mass is 32.2. The van der Waals surface area contributed by atoms with Crippen LogP contribution in [0.3, 0.4) is 0 Å². The van der Waals surface area contributed by atoms with E-state index in [0.717, 1.165) is 22.8 Å². The Morgan fingerprint density at radius 2 is 1.83 bits per heavy atom. The van der Waals surface area contributed by atoms with E-state index in [4.69, 9.17) is 0 Å². The lowest BCUT2D eigenvalue weighted by Crippen LogP contribution is -2.35. The second kappa shape index (κ2) is 8.46. The number of aromatic nitrogens is 6. The summed E-state index contributed by atoms with van der Waals surface area (Å²) in [5.41, 5.74) is -1.84. The molecule has 16 heteroatoms. The highest BCUT2D eigenvalue weighted by molar-refractivity contribution is 7.91. The van der Waals surface area contributed by atoms with Crippen molar-refractivity contribution in [2.75, 3.05) is 12.3 Å². The van der Waals surface area contributed by atoms with Crippen LogP contribution < -0.4 is 5.32 Å². The third-order valence-electron chi connectivity index (χ3n) is 5.21. The molecule has 0 aliphatic carbocycles. The fraction of sp³-hybridized carbons (Fsp3) is 0.350. The van der Waals surface area contributed by atoms with Crippen molar-refractivity contribution in [3.63, 3.8) is 0 Å². The number of amides is 1. The van der Waals surface area contributed by atoms with Crippen LogP contribution in [0.5, 0.6) is 0 Å². The number of hydrogen-bond acceptors (Lipinski definition) is 7. The van der Waals surface area contributed by atoms with E-state index in [1.54, 1.807) is 0 Å². The van der Waals surface area contributed by atoms with Crippen LogP contribution in [0.4, 0.5) is 22.0 Å². The number of nitrogens with one attached hydrogen (secondary N) is 1. The summed E-state index contributed by atoms with van der Waals surface area (Å²) in [6.07, 6.45) is -2.92. The largest absolute Gasteiger partial charge is 0.417 e. The first-order valence-electron chi connectivity index (χ1n) is 10.3. The maximum absolute atomic E-state index is 13.2. The summed E-state index contributed by atoms with van der Waals surface area (Å²) in [6, 6.07) is 1.92. The number of fused-ring (bicyclic) bond motifs is 2. The van der Waals surface area contributed by atoms with Gasteiger partial charge >= 0.3 is 6.18 Å². The minimum absolute atomic E-state index is 0.0243. The normalized spacial score (nSPS) is 13.0. The van der Waals surface area contributed by atoms with Gasteiger partial charge in [-0.1, -0.05) is 6.92 Å². The van der Waals surface area contributed by atoms with E-state index in [1.807, 2.05) is 5.32 Å². The summed E-state index contributed by atoms with van der Waals surface area (Å²) in [6.45, 7) is 0.971. The van der Waals surface area contributed by atoms with Crippen LogP contribution in [0.15, 0.2) is 29.6 Å². The van der Waals surface area contributed by atoms with E-state index >= 15 is 0 Å². The first-order chi connectivity index (χ1) is 16.6. The Bertz CT molecular complexity index is 1600. The first kappa shape index (κ1) is 25.4. The zero-order valence-electron chi connectivity index (χ0n) is 18.9. The number of imidazole rings is 1. The van der Waals surface area contributed by atoms with Gasteiger partial charge in [-0.3, -0.25) is 4.79 Å². The molecule has 0 aliphatic heterocycles. The zero-order chi connectivity index (χ0) is 26.6. The summed E-state index contributed by atoms with van der Waals surface area (Å²) in [7, 11) is -2.67. The van der Waals surface area contributed by atoms with Crippen LogP contribution in [0.2, 0.25) is 0 Å². The molecule has 0 spiro atoms. The lowest BCUT2D eigenvalue weighted by atomic mass is 10.2. The molecule has 0 bridgehead atoms. The van der Waals surface area contributed by atoms with Crippen molar-refractivity contribution < 1.29 is 35.2 Å². The molecular weight excluding hydrogens is 513 g/mol. The second-order valence-corrected chi connectivity index (χ2v) is 10.2. The number of hydrogen-bond donors (Lipinski definition) is 1. The first-order valence-corrected chi connectivity index (χ1v) is 12.0. The Morgan fingerprint density at radius 3 is 2.44 bits per heavy atom. The second-order valence-electron chi connectivity index (χ2n) is 7.96. The van der Waals surface area contributed by atoms with Crippen LogP contribution >= 0.6 is 0 Å². The summed E-state index contributed by atoms with van der Waals surface area (Å²) < 4.78 is 93.9. The van der Waals surface area contributed by atoms with Gasteiger partial charge in [-0.2, -0.15) is 18.3 Å².